The third-order valence-corrected chi connectivity index (χ3v) is 3.45. The second-order valence-electron chi connectivity index (χ2n) is 4.88. The van der Waals surface area contributed by atoms with E-state index in [1.807, 2.05) is 18.2 Å². The highest BCUT2D eigenvalue weighted by Gasteiger charge is 2.16. The summed E-state index contributed by atoms with van der Waals surface area (Å²) in [7, 11) is 0. The van der Waals surface area contributed by atoms with Crippen LogP contribution in [0.1, 0.15) is 54.1 Å². The molecule has 108 valence electrons. The van der Waals surface area contributed by atoms with Crippen molar-refractivity contribution in [1.82, 2.24) is 14.4 Å². The molecule has 2 aromatic rings. The van der Waals surface area contributed by atoms with Crippen molar-refractivity contribution in [3.05, 3.63) is 28.8 Å². The molecule has 0 saturated carbocycles. The number of fused-ring (bicyclic) bond motifs is 1. The Bertz CT molecular complexity index is 632. The first-order chi connectivity index (χ1) is 9.58. The van der Waals surface area contributed by atoms with E-state index >= 15 is 0 Å². The number of carbonyl (C=O) groups excluding carboxylic acids is 1. The first-order valence-corrected chi connectivity index (χ1v) is 7.10. The molecule has 0 aromatic carbocycles. The summed E-state index contributed by atoms with van der Waals surface area (Å²) in [4.78, 5) is 20.5. The predicted octanol–water partition coefficient (Wildman–Crippen LogP) is 2.87. The normalized spacial score (nSPS) is 11.0. The second-order valence-corrected chi connectivity index (χ2v) is 4.88. The molecule has 0 spiro atoms. The summed E-state index contributed by atoms with van der Waals surface area (Å²) in [5, 5.41) is 0. The Labute approximate surface area is 119 Å². The van der Waals surface area contributed by atoms with Crippen LogP contribution in [0.4, 0.5) is 0 Å². The van der Waals surface area contributed by atoms with E-state index in [0.717, 1.165) is 30.7 Å². The van der Waals surface area contributed by atoms with Gasteiger partial charge in [0.1, 0.15) is 0 Å². The Morgan fingerprint density at radius 1 is 1.30 bits per heavy atom. The average molecular weight is 275 g/mol. The van der Waals surface area contributed by atoms with Gasteiger partial charge in [0, 0.05) is 17.6 Å². The molecule has 2 heterocycles. The van der Waals surface area contributed by atoms with Gasteiger partial charge >= 0.3 is 5.97 Å². The lowest BCUT2D eigenvalue weighted by Crippen LogP contribution is -2.04. The van der Waals surface area contributed by atoms with Gasteiger partial charge < -0.3 is 4.74 Å². The van der Waals surface area contributed by atoms with Crippen LogP contribution in [0.25, 0.3) is 5.78 Å². The maximum absolute atomic E-state index is 11.7. The van der Waals surface area contributed by atoms with Crippen molar-refractivity contribution in [3.63, 3.8) is 0 Å². The van der Waals surface area contributed by atoms with Gasteiger partial charge in [0.25, 0.3) is 0 Å². The van der Waals surface area contributed by atoms with Crippen LogP contribution < -0.4 is 0 Å². The number of hydrogen-bond acceptors (Lipinski definition) is 4. The number of hydrogen-bond donors (Lipinski definition) is 0. The van der Waals surface area contributed by atoms with Crippen LogP contribution in [0.2, 0.25) is 0 Å². The lowest BCUT2D eigenvalue weighted by atomic mass is 10.1. The summed E-state index contributed by atoms with van der Waals surface area (Å²) < 4.78 is 6.86. The summed E-state index contributed by atoms with van der Waals surface area (Å²) in [5.41, 5.74) is 3.65. The van der Waals surface area contributed by atoms with Gasteiger partial charge in [-0.3, -0.25) is 4.40 Å². The van der Waals surface area contributed by atoms with Crippen molar-refractivity contribution < 1.29 is 9.53 Å². The van der Waals surface area contributed by atoms with Crippen molar-refractivity contribution in [1.29, 1.82) is 0 Å². The van der Waals surface area contributed by atoms with Crippen LogP contribution >= 0.6 is 0 Å². The molecule has 0 saturated heterocycles. The highest BCUT2D eigenvalue weighted by atomic mass is 16.5. The molecule has 20 heavy (non-hydrogen) atoms. The molecule has 0 N–H and O–H groups in total. The van der Waals surface area contributed by atoms with Crippen molar-refractivity contribution in [3.8, 4) is 0 Å². The van der Waals surface area contributed by atoms with Gasteiger partial charge in [-0.2, -0.15) is 0 Å². The third kappa shape index (κ3) is 2.66. The van der Waals surface area contributed by atoms with E-state index in [2.05, 4.69) is 16.9 Å². The SMILES string of the molecule is CCCCc1c(C)nc2nc(C(=O)OCC)cn2c1C. The van der Waals surface area contributed by atoms with Gasteiger partial charge in [0.2, 0.25) is 5.78 Å². The molecule has 2 aromatic heterocycles. The highest BCUT2D eigenvalue weighted by Crippen LogP contribution is 2.17. The first kappa shape index (κ1) is 14.5. The molecule has 2 rings (SSSR count). The number of aryl methyl sites for hydroxylation is 2. The van der Waals surface area contributed by atoms with E-state index in [-0.39, 0.29) is 0 Å². The summed E-state index contributed by atoms with van der Waals surface area (Å²) in [6, 6.07) is 0. The number of carbonyl (C=O) groups is 1. The molecule has 0 amide bonds. The van der Waals surface area contributed by atoms with E-state index in [0.29, 0.717) is 18.1 Å². The van der Waals surface area contributed by atoms with Crippen molar-refractivity contribution >= 4 is 11.7 Å². The van der Waals surface area contributed by atoms with E-state index in [1.165, 1.54) is 5.56 Å². The van der Waals surface area contributed by atoms with Crippen LogP contribution in [0.15, 0.2) is 6.20 Å². The number of nitrogens with zero attached hydrogens (tertiary/aromatic N) is 3. The molecule has 0 aliphatic heterocycles. The molecular weight excluding hydrogens is 254 g/mol. The van der Waals surface area contributed by atoms with Crippen LogP contribution in [0.5, 0.6) is 0 Å². The molecule has 0 aliphatic rings. The molecular formula is C15H21N3O2. The molecule has 0 bridgehead atoms. The number of aromatic nitrogens is 3. The molecule has 0 unspecified atom stereocenters. The molecule has 0 radical (unpaired) electrons. The Morgan fingerprint density at radius 2 is 2.05 bits per heavy atom. The molecule has 0 atom stereocenters. The fourth-order valence-electron chi connectivity index (χ4n) is 2.34. The topological polar surface area (TPSA) is 56.5 Å². The standard InChI is InChI=1S/C15H21N3O2/c1-5-7-8-12-10(3)16-15-17-13(14(19)20-6-2)9-18(15)11(12)4/h9H,5-8H2,1-4H3. The number of esters is 1. The van der Waals surface area contributed by atoms with Gasteiger partial charge in [-0.1, -0.05) is 13.3 Å². The summed E-state index contributed by atoms with van der Waals surface area (Å²) >= 11 is 0. The maximum atomic E-state index is 11.7. The Balaban J connectivity index is 2.46. The second kappa shape index (κ2) is 6.03. The number of unbranched alkanes of at least 4 members (excludes halogenated alkanes) is 1. The van der Waals surface area contributed by atoms with Gasteiger partial charge in [-0.15, -0.1) is 0 Å². The monoisotopic (exact) mass is 275 g/mol. The molecule has 5 nitrogen and oxygen atoms in total. The van der Waals surface area contributed by atoms with Crippen molar-refractivity contribution in [2.75, 3.05) is 6.61 Å². The van der Waals surface area contributed by atoms with Crippen LogP contribution in [-0.4, -0.2) is 26.9 Å². The molecule has 5 heteroatoms. The lowest BCUT2D eigenvalue weighted by Gasteiger charge is -2.10. The van der Waals surface area contributed by atoms with Gasteiger partial charge in [0.05, 0.1) is 6.61 Å². The number of imidazole rings is 1. The van der Waals surface area contributed by atoms with E-state index in [9.17, 15) is 4.79 Å². The van der Waals surface area contributed by atoms with Gasteiger partial charge in [-0.05, 0) is 39.2 Å². The Hall–Kier alpha value is -1.91. The van der Waals surface area contributed by atoms with Crippen LogP contribution in [-0.2, 0) is 11.2 Å². The first-order valence-electron chi connectivity index (χ1n) is 7.10. The van der Waals surface area contributed by atoms with Crippen LogP contribution in [0.3, 0.4) is 0 Å². The summed E-state index contributed by atoms with van der Waals surface area (Å²) in [6.45, 7) is 8.34. The minimum atomic E-state index is -0.398. The number of ether oxygens (including phenoxy) is 1. The van der Waals surface area contributed by atoms with E-state index in [1.54, 1.807) is 13.1 Å². The molecule has 0 aliphatic carbocycles. The third-order valence-electron chi connectivity index (χ3n) is 3.45. The fraction of sp³-hybridized carbons (Fsp3) is 0.533. The van der Waals surface area contributed by atoms with E-state index < -0.39 is 5.97 Å². The largest absolute Gasteiger partial charge is 0.461 e. The zero-order valence-electron chi connectivity index (χ0n) is 12.6. The number of rotatable bonds is 5. The predicted molar refractivity (Wildman–Crippen MR) is 77.0 cm³/mol. The molecule has 0 fully saturated rings. The minimum absolute atomic E-state index is 0.314. The Kier molecular flexibility index (Phi) is 4.37. The average Bonchev–Trinajstić information content (AvgIpc) is 2.83. The Morgan fingerprint density at radius 3 is 2.70 bits per heavy atom. The van der Waals surface area contributed by atoms with Gasteiger partial charge in [0.15, 0.2) is 5.69 Å². The lowest BCUT2D eigenvalue weighted by molar-refractivity contribution is 0.0520. The fourth-order valence-corrected chi connectivity index (χ4v) is 2.34. The van der Waals surface area contributed by atoms with E-state index in [4.69, 9.17) is 4.74 Å². The van der Waals surface area contributed by atoms with Crippen molar-refractivity contribution in [2.24, 2.45) is 0 Å². The maximum Gasteiger partial charge on any atom is 0.358 e. The van der Waals surface area contributed by atoms with Crippen molar-refractivity contribution in [2.45, 2.75) is 47.0 Å². The zero-order valence-corrected chi connectivity index (χ0v) is 12.6. The van der Waals surface area contributed by atoms with Crippen LogP contribution in [0, 0.1) is 13.8 Å². The smallest absolute Gasteiger partial charge is 0.358 e. The summed E-state index contributed by atoms with van der Waals surface area (Å²) in [6.07, 6.45) is 5.00. The minimum Gasteiger partial charge on any atom is -0.461 e. The highest BCUT2D eigenvalue weighted by molar-refractivity contribution is 5.87. The summed E-state index contributed by atoms with van der Waals surface area (Å²) in [5.74, 6) is 0.161. The van der Waals surface area contributed by atoms with Gasteiger partial charge in [-0.25, -0.2) is 14.8 Å². The zero-order chi connectivity index (χ0) is 14.7. The quantitative estimate of drug-likeness (QED) is 0.787.